The zero-order valence-electron chi connectivity index (χ0n) is 10.6. The molecule has 1 saturated carbocycles. The smallest absolute Gasteiger partial charge is 0.338 e. The summed E-state index contributed by atoms with van der Waals surface area (Å²) in [6, 6.07) is 2.21. The summed E-state index contributed by atoms with van der Waals surface area (Å²) in [7, 11) is -3.84. The number of sulfone groups is 1. The van der Waals surface area contributed by atoms with Gasteiger partial charge in [0.15, 0.2) is 15.7 Å². The number of rotatable bonds is 3. The van der Waals surface area contributed by atoms with Crippen molar-refractivity contribution < 1.29 is 22.7 Å². The number of carboxylic acid groups (broad SMARTS) is 1. The van der Waals surface area contributed by atoms with Gasteiger partial charge in [-0.15, -0.1) is 0 Å². The van der Waals surface area contributed by atoms with Crippen LogP contribution >= 0.6 is 15.9 Å². The second-order valence-corrected chi connectivity index (χ2v) is 7.99. The third-order valence-electron chi connectivity index (χ3n) is 3.53. The van der Waals surface area contributed by atoms with E-state index in [9.17, 15) is 17.6 Å². The normalized spacial score (nSPS) is 17.1. The number of hydrogen-bond acceptors (Lipinski definition) is 3. The number of hydrogen-bond donors (Lipinski definition) is 1. The van der Waals surface area contributed by atoms with Crippen LogP contribution in [0.3, 0.4) is 0 Å². The monoisotopic (exact) mass is 364 g/mol. The van der Waals surface area contributed by atoms with Crippen molar-refractivity contribution in [2.45, 2.75) is 42.2 Å². The topological polar surface area (TPSA) is 71.4 Å². The second-order valence-electron chi connectivity index (χ2n) is 4.88. The number of carboxylic acids is 1. The van der Waals surface area contributed by atoms with Gasteiger partial charge in [-0.2, -0.15) is 0 Å². The number of aromatic carboxylic acids is 1. The van der Waals surface area contributed by atoms with Crippen molar-refractivity contribution in [1.82, 2.24) is 0 Å². The summed E-state index contributed by atoms with van der Waals surface area (Å²) in [5.74, 6) is -2.66. The average molecular weight is 365 g/mol. The van der Waals surface area contributed by atoms with Crippen LogP contribution in [0.25, 0.3) is 0 Å². The molecule has 0 saturated heterocycles. The fourth-order valence-electron chi connectivity index (χ4n) is 2.48. The Kier molecular flexibility index (Phi) is 4.49. The molecule has 0 aromatic heterocycles. The molecule has 1 aromatic rings. The van der Waals surface area contributed by atoms with Crippen molar-refractivity contribution in [3.05, 3.63) is 28.0 Å². The first kappa shape index (κ1) is 15.4. The van der Waals surface area contributed by atoms with Crippen LogP contribution in [0.15, 0.2) is 21.5 Å². The maximum atomic E-state index is 14.2. The van der Waals surface area contributed by atoms with Crippen LogP contribution in [0.1, 0.15) is 42.5 Å². The van der Waals surface area contributed by atoms with E-state index in [4.69, 9.17) is 5.11 Å². The number of halogens is 2. The van der Waals surface area contributed by atoms with Crippen LogP contribution in [0.4, 0.5) is 4.39 Å². The summed E-state index contributed by atoms with van der Waals surface area (Å²) < 4.78 is 39.4. The molecule has 20 heavy (non-hydrogen) atoms. The second kappa shape index (κ2) is 5.81. The van der Waals surface area contributed by atoms with Gasteiger partial charge in [-0.3, -0.25) is 0 Å². The van der Waals surface area contributed by atoms with Crippen LogP contribution < -0.4 is 0 Å². The van der Waals surface area contributed by atoms with E-state index in [-0.39, 0.29) is 4.47 Å². The summed E-state index contributed by atoms with van der Waals surface area (Å²) >= 11 is 3.04. The van der Waals surface area contributed by atoms with Gasteiger partial charge in [-0.25, -0.2) is 17.6 Å². The predicted octanol–water partition coefficient (Wildman–Crippen LogP) is 3.39. The maximum absolute atomic E-state index is 14.2. The van der Waals surface area contributed by atoms with E-state index in [2.05, 4.69) is 15.9 Å². The Balaban J connectivity index is 2.53. The van der Waals surface area contributed by atoms with Crippen LogP contribution in [-0.4, -0.2) is 24.7 Å². The van der Waals surface area contributed by atoms with Crippen molar-refractivity contribution in [3.63, 3.8) is 0 Å². The van der Waals surface area contributed by atoms with Crippen molar-refractivity contribution >= 4 is 31.7 Å². The molecule has 1 N–H and O–H groups in total. The molecule has 4 nitrogen and oxygen atoms in total. The van der Waals surface area contributed by atoms with Crippen LogP contribution in [0, 0.1) is 5.82 Å². The van der Waals surface area contributed by atoms with E-state index in [1.54, 1.807) is 0 Å². The molecular formula is C13H14BrFO4S. The first-order chi connectivity index (χ1) is 9.34. The lowest BCUT2D eigenvalue weighted by molar-refractivity contribution is 0.0691. The zero-order valence-corrected chi connectivity index (χ0v) is 13.0. The molecule has 2 rings (SSSR count). The third-order valence-corrected chi connectivity index (χ3v) is 6.25. The van der Waals surface area contributed by atoms with E-state index in [1.165, 1.54) is 0 Å². The highest BCUT2D eigenvalue weighted by molar-refractivity contribution is 9.10. The van der Waals surface area contributed by atoms with E-state index in [1.807, 2.05) is 0 Å². The molecule has 110 valence electrons. The van der Waals surface area contributed by atoms with E-state index >= 15 is 0 Å². The van der Waals surface area contributed by atoms with E-state index in [0.29, 0.717) is 12.8 Å². The Hall–Kier alpha value is -0.950. The van der Waals surface area contributed by atoms with Gasteiger partial charge in [0.25, 0.3) is 0 Å². The van der Waals surface area contributed by atoms with Gasteiger partial charge in [0.05, 0.1) is 10.8 Å². The van der Waals surface area contributed by atoms with Gasteiger partial charge in [-0.05, 0) is 25.0 Å². The predicted molar refractivity (Wildman–Crippen MR) is 75.1 cm³/mol. The molecule has 0 radical (unpaired) electrons. The van der Waals surface area contributed by atoms with Gasteiger partial charge < -0.3 is 5.11 Å². The first-order valence-electron chi connectivity index (χ1n) is 6.30. The summed E-state index contributed by atoms with van der Waals surface area (Å²) in [5.41, 5.74) is -0.631. The van der Waals surface area contributed by atoms with Crippen LogP contribution in [0.5, 0.6) is 0 Å². The molecule has 0 unspecified atom stereocenters. The highest BCUT2D eigenvalue weighted by Crippen LogP contribution is 2.32. The molecule has 0 heterocycles. The Labute approximate surface area is 125 Å². The summed E-state index contributed by atoms with van der Waals surface area (Å²) in [6.45, 7) is 0. The van der Waals surface area contributed by atoms with Crippen molar-refractivity contribution in [2.75, 3.05) is 0 Å². The minimum Gasteiger partial charge on any atom is -0.478 e. The Morgan fingerprint density at radius 3 is 2.40 bits per heavy atom. The lowest BCUT2D eigenvalue weighted by atomic mass is 10.0. The Bertz CT molecular complexity index is 636. The minimum absolute atomic E-state index is 0.241. The van der Waals surface area contributed by atoms with E-state index < -0.39 is 37.3 Å². The average Bonchev–Trinajstić information content (AvgIpc) is 2.41. The summed E-state index contributed by atoms with van der Waals surface area (Å²) in [4.78, 5) is 10.5. The molecule has 0 bridgehead atoms. The van der Waals surface area contributed by atoms with Gasteiger partial charge >= 0.3 is 5.97 Å². The number of carbonyl (C=O) groups is 1. The lowest BCUT2D eigenvalue weighted by Crippen LogP contribution is -2.25. The molecular weight excluding hydrogens is 351 g/mol. The molecule has 0 amide bonds. The molecule has 1 aromatic carbocycles. The fourth-order valence-corrected chi connectivity index (χ4v) is 5.06. The van der Waals surface area contributed by atoms with Gasteiger partial charge in [0.1, 0.15) is 4.90 Å². The quantitative estimate of drug-likeness (QED) is 0.891. The maximum Gasteiger partial charge on any atom is 0.338 e. The summed E-state index contributed by atoms with van der Waals surface area (Å²) in [6.07, 6.45) is 3.57. The SMILES string of the molecule is O=C(O)c1cc(Br)cc(S(=O)(=O)C2CCCCC2)c1F. The largest absolute Gasteiger partial charge is 0.478 e. The van der Waals surface area contributed by atoms with Crippen molar-refractivity contribution in [3.8, 4) is 0 Å². The molecule has 0 aliphatic heterocycles. The molecule has 0 atom stereocenters. The molecule has 1 aliphatic rings. The molecule has 7 heteroatoms. The highest BCUT2D eigenvalue weighted by atomic mass is 79.9. The van der Waals surface area contributed by atoms with Crippen LogP contribution in [0.2, 0.25) is 0 Å². The zero-order chi connectivity index (χ0) is 14.9. The first-order valence-corrected chi connectivity index (χ1v) is 8.64. The van der Waals surface area contributed by atoms with Gasteiger partial charge in [-0.1, -0.05) is 35.2 Å². The Morgan fingerprint density at radius 1 is 1.25 bits per heavy atom. The number of benzene rings is 1. The minimum atomic E-state index is -3.84. The molecule has 0 spiro atoms. The molecule has 1 aliphatic carbocycles. The summed E-state index contributed by atoms with van der Waals surface area (Å²) in [5, 5.41) is 8.31. The molecule has 1 fully saturated rings. The lowest BCUT2D eigenvalue weighted by Gasteiger charge is -2.22. The highest BCUT2D eigenvalue weighted by Gasteiger charge is 2.33. The van der Waals surface area contributed by atoms with E-state index in [0.717, 1.165) is 31.4 Å². The Morgan fingerprint density at radius 2 is 1.85 bits per heavy atom. The third kappa shape index (κ3) is 2.88. The fraction of sp³-hybridized carbons (Fsp3) is 0.462. The van der Waals surface area contributed by atoms with Crippen molar-refractivity contribution in [2.24, 2.45) is 0 Å². The standard InChI is InChI=1S/C13H14BrFO4S/c14-8-6-10(13(16)17)12(15)11(7-8)20(18,19)9-4-2-1-3-5-9/h6-7,9H,1-5H2,(H,16,17). The van der Waals surface area contributed by atoms with Crippen molar-refractivity contribution in [1.29, 1.82) is 0 Å². The van der Waals surface area contributed by atoms with Gasteiger partial charge in [0, 0.05) is 4.47 Å². The van der Waals surface area contributed by atoms with Gasteiger partial charge in [0.2, 0.25) is 0 Å². The van der Waals surface area contributed by atoms with Crippen LogP contribution in [-0.2, 0) is 9.84 Å².